The fourth-order valence-corrected chi connectivity index (χ4v) is 8.50. The number of carboxylic acid groups (broad SMARTS) is 1. The third-order valence-corrected chi connectivity index (χ3v) is 12.6. The number of esters is 1. The smallest absolute Gasteiger partial charge is 0.329 e. The van der Waals surface area contributed by atoms with Crippen LogP contribution in [-0.4, -0.2) is 145 Å². The summed E-state index contributed by atoms with van der Waals surface area (Å²) in [7, 11) is 1.35. The van der Waals surface area contributed by atoms with Crippen LogP contribution < -0.4 is 26.6 Å². The van der Waals surface area contributed by atoms with E-state index in [1.807, 2.05) is 6.92 Å². The highest BCUT2D eigenvalue weighted by atomic mass is 16.5. The molecule has 2 saturated heterocycles. The number of amides is 7. The number of phenolic OH excluding ortho intramolecular Hbond substituents is 2. The standard InChI is InChI=1S/C50H71N7O14/c1-8-9-10-11-39(60)51-34(21-23-41(62)63)44(64)55-43-29(6)71-50(70)42(28(4)5)54-46(66)37(26-31-14-18-33(59)19-15-31)56(7)49(69)38(24-27(2)3)57-40(61)22-20-35(48(57)68)52-45(65)36(53-47(43)67)25-30-12-16-32(58)17-13-30/h12-19,27-29,34-38,40,42-43,58-59,61H,8-11,20-26H2,1-7H3,(H,51,60)(H,52,65)(H,53,67)(H,54,66)(H,55,64)(H,62,63)/t29-,34+,35+,36+,37+,38+,40-,42+,43+/m1/s1. The van der Waals surface area contributed by atoms with Crippen molar-refractivity contribution >= 4 is 53.3 Å². The van der Waals surface area contributed by atoms with Gasteiger partial charge in [0.25, 0.3) is 0 Å². The van der Waals surface area contributed by atoms with Crippen molar-refractivity contribution in [3.8, 4) is 11.5 Å². The first-order chi connectivity index (χ1) is 33.5. The van der Waals surface area contributed by atoms with Gasteiger partial charge in [-0.15, -0.1) is 0 Å². The van der Waals surface area contributed by atoms with E-state index in [0.29, 0.717) is 24.0 Å². The molecule has 0 saturated carbocycles. The fourth-order valence-electron chi connectivity index (χ4n) is 8.50. The quantitative estimate of drug-likeness (QED) is 0.0803. The van der Waals surface area contributed by atoms with Gasteiger partial charge in [0.2, 0.25) is 41.4 Å². The summed E-state index contributed by atoms with van der Waals surface area (Å²) < 4.78 is 5.87. The van der Waals surface area contributed by atoms with E-state index in [1.54, 1.807) is 39.8 Å². The molecule has 0 unspecified atom stereocenters. The van der Waals surface area contributed by atoms with Gasteiger partial charge in [0.1, 0.15) is 66.1 Å². The highest BCUT2D eigenvalue weighted by Gasteiger charge is 2.46. The van der Waals surface area contributed by atoms with E-state index >= 15 is 0 Å². The number of piperidine rings is 1. The van der Waals surface area contributed by atoms with E-state index in [0.717, 1.165) is 16.2 Å². The fraction of sp³-hybridized carbons (Fsp3) is 0.580. The average molecular weight is 994 g/mol. The molecule has 21 heteroatoms. The van der Waals surface area contributed by atoms with Gasteiger partial charge >= 0.3 is 11.9 Å². The van der Waals surface area contributed by atoms with Crippen molar-refractivity contribution in [2.75, 3.05) is 7.05 Å². The zero-order chi connectivity index (χ0) is 52.7. The van der Waals surface area contributed by atoms with E-state index in [1.165, 1.54) is 50.4 Å². The number of carbonyl (C=O) groups is 9. The third-order valence-electron chi connectivity index (χ3n) is 12.6. The van der Waals surface area contributed by atoms with Gasteiger partial charge in [-0.1, -0.05) is 71.7 Å². The van der Waals surface area contributed by atoms with Crippen molar-refractivity contribution in [1.29, 1.82) is 0 Å². The molecule has 0 radical (unpaired) electrons. The minimum atomic E-state index is -1.85. The number of rotatable bonds is 17. The van der Waals surface area contributed by atoms with Crippen molar-refractivity contribution in [3.05, 3.63) is 59.7 Å². The molecule has 0 aromatic heterocycles. The molecule has 21 nitrogen and oxygen atoms in total. The molecule has 71 heavy (non-hydrogen) atoms. The second-order valence-electron chi connectivity index (χ2n) is 19.1. The van der Waals surface area contributed by atoms with Gasteiger partial charge in [0.05, 0.1) is 0 Å². The summed E-state index contributed by atoms with van der Waals surface area (Å²) in [6, 6.07) is 1.16. The van der Waals surface area contributed by atoms with Crippen LogP contribution in [0.15, 0.2) is 48.5 Å². The number of nitrogens with one attached hydrogen (secondary N) is 5. The number of carbonyl (C=O) groups excluding carboxylic acids is 8. The lowest BCUT2D eigenvalue weighted by molar-refractivity contribution is -0.166. The molecule has 2 fully saturated rings. The van der Waals surface area contributed by atoms with Crippen LogP contribution in [0, 0.1) is 11.8 Å². The molecule has 9 N–H and O–H groups in total. The number of fused-ring (bicyclic) bond motifs is 2. The number of aromatic hydroxyl groups is 2. The van der Waals surface area contributed by atoms with Crippen molar-refractivity contribution in [3.63, 3.8) is 0 Å². The lowest BCUT2D eigenvalue weighted by Crippen LogP contribution is -2.65. The maximum atomic E-state index is 14.8. The normalized spacial score (nSPS) is 24.4. The second kappa shape index (κ2) is 26.4. The van der Waals surface area contributed by atoms with E-state index in [9.17, 15) is 63.6 Å². The van der Waals surface area contributed by atoms with E-state index < -0.39 is 127 Å². The molecule has 2 aromatic carbocycles. The molecule has 0 spiro atoms. The van der Waals surface area contributed by atoms with Crippen LogP contribution in [0.4, 0.5) is 0 Å². The number of carboxylic acids is 1. The molecule has 0 aliphatic carbocycles. The van der Waals surface area contributed by atoms with Gasteiger partial charge in [-0.3, -0.25) is 38.4 Å². The predicted octanol–water partition coefficient (Wildman–Crippen LogP) is 1.54. The SMILES string of the molecule is CCCCCC(=O)N[C@@H](CCC(=O)O)C(=O)N[C@@H]1C(=O)N[C@@H](Cc2ccc(O)cc2)C(=O)N[C@H]2CC[C@@H](O)N(C2=O)[C@@H](CC(C)C)C(=O)N(C)[C@@H](Cc2ccc(O)cc2)C(=O)N[C@@H](C(C)C)C(=O)O[C@@H]1C. The first-order valence-corrected chi connectivity index (χ1v) is 24.3. The van der Waals surface area contributed by atoms with Gasteiger partial charge in [0.15, 0.2) is 0 Å². The van der Waals surface area contributed by atoms with Gasteiger partial charge in [0, 0.05) is 32.7 Å². The number of aliphatic hydroxyl groups is 1. The van der Waals surface area contributed by atoms with Crippen LogP contribution in [0.1, 0.15) is 110 Å². The molecule has 7 amide bonds. The van der Waals surface area contributed by atoms with E-state index in [2.05, 4.69) is 26.6 Å². The molecule has 4 rings (SSSR count). The topological polar surface area (TPSA) is 310 Å². The first kappa shape index (κ1) is 56.8. The minimum absolute atomic E-state index is 0.0192. The number of likely N-dealkylation sites (N-methyl/N-ethyl adjacent to an activating group) is 1. The summed E-state index contributed by atoms with van der Waals surface area (Å²) in [4.78, 5) is 128. The molecule has 2 aromatic rings. The van der Waals surface area contributed by atoms with Crippen molar-refractivity contribution < 1.29 is 68.3 Å². The zero-order valence-corrected chi connectivity index (χ0v) is 41.5. The Morgan fingerprint density at radius 1 is 0.775 bits per heavy atom. The van der Waals surface area contributed by atoms with Crippen LogP contribution >= 0.6 is 0 Å². The van der Waals surface area contributed by atoms with Gasteiger partial charge in [-0.25, -0.2) is 4.79 Å². The number of unbranched alkanes of at least 4 members (excludes halogenated alkanes) is 2. The number of aliphatic carboxylic acids is 1. The lowest BCUT2D eigenvalue weighted by Gasteiger charge is -2.43. The van der Waals surface area contributed by atoms with Crippen LogP contribution in [-0.2, 0) is 60.7 Å². The maximum absolute atomic E-state index is 14.8. The Kier molecular flexibility index (Phi) is 21.2. The number of benzene rings is 2. The second-order valence-corrected chi connectivity index (χ2v) is 19.1. The summed E-state index contributed by atoms with van der Waals surface area (Å²) in [5, 5.41) is 54.0. The summed E-state index contributed by atoms with van der Waals surface area (Å²) in [6.07, 6.45) is -2.57. The molecule has 2 aliphatic rings. The Hall–Kier alpha value is -6.77. The number of cyclic esters (lactones) is 1. The van der Waals surface area contributed by atoms with Crippen LogP contribution in [0.5, 0.6) is 11.5 Å². The molecule has 2 aliphatic heterocycles. The number of nitrogens with zero attached hydrogens (tertiary/aromatic N) is 2. The Labute approximate surface area is 413 Å². The number of aliphatic hydroxyl groups excluding tert-OH is 1. The highest BCUT2D eigenvalue weighted by molar-refractivity contribution is 5.98. The first-order valence-electron chi connectivity index (χ1n) is 24.3. The number of hydrogen-bond donors (Lipinski definition) is 9. The molecule has 390 valence electrons. The van der Waals surface area contributed by atoms with Crippen LogP contribution in [0.3, 0.4) is 0 Å². The number of phenols is 2. The molecular formula is C50H71N7O14. The lowest BCUT2D eigenvalue weighted by atomic mass is 9.94. The summed E-state index contributed by atoms with van der Waals surface area (Å²) in [5.41, 5.74) is 0.928. The number of hydrogen-bond acceptors (Lipinski definition) is 13. The molecular weight excluding hydrogens is 923 g/mol. The van der Waals surface area contributed by atoms with Gasteiger partial charge in [-0.05, 0) is 86.3 Å². The maximum Gasteiger partial charge on any atom is 0.329 e. The Bertz CT molecular complexity index is 2200. The summed E-state index contributed by atoms with van der Waals surface area (Å²) in [6.45, 7) is 10.0. The van der Waals surface area contributed by atoms with Crippen molar-refractivity contribution in [2.24, 2.45) is 11.8 Å². The monoisotopic (exact) mass is 994 g/mol. The average Bonchev–Trinajstić information content (AvgIpc) is 3.30. The van der Waals surface area contributed by atoms with Crippen molar-refractivity contribution in [2.45, 2.75) is 167 Å². The van der Waals surface area contributed by atoms with Gasteiger partial charge < -0.3 is 61.5 Å². The van der Waals surface area contributed by atoms with Gasteiger partial charge in [-0.2, -0.15) is 0 Å². The summed E-state index contributed by atoms with van der Waals surface area (Å²) >= 11 is 0. The van der Waals surface area contributed by atoms with E-state index in [4.69, 9.17) is 4.74 Å². The minimum Gasteiger partial charge on any atom is -0.508 e. The van der Waals surface area contributed by atoms with Crippen molar-refractivity contribution in [1.82, 2.24) is 36.4 Å². The predicted molar refractivity (Wildman–Crippen MR) is 257 cm³/mol. The van der Waals surface area contributed by atoms with E-state index in [-0.39, 0.29) is 55.9 Å². The number of ether oxygens (including phenoxy) is 1. The van der Waals surface area contributed by atoms with Crippen LogP contribution in [0.2, 0.25) is 0 Å². The third kappa shape index (κ3) is 16.4. The highest BCUT2D eigenvalue weighted by Crippen LogP contribution is 2.27. The Morgan fingerprint density at radius 3 is 1.94 bits per heavy atom. The largest absolute Gasteiger partial charge is 0.508 e. The molecule has 2 heterocycles. The molecule has 2 bridgehead atoms. The van der Waals surface area contributed by atoms with Crippen LogP contribution in [0.25, 0.3) is 0 Å². The zero-order valence-electron chi connectivity index (χ0n) is 41.5. The Morgan fingerprint density at radius 2 is 1.38 bits per heavy atom. The Balaban J connectivity index is 1.88. The summed E-state index contributed by atoms with van der Waals surface area (Å²) in [5.74, 6) is -9.38. The molecule has 9 atom stereocenters.